The van der Waals surface area contributed by atoms with Gasteiger partial charge in [-0.25, -0.2) is 14.4 Å². The Bertz CT molecular complexity index is 629. The molecular formula is C16H19BrFN3. The van der Waals surface area contributed by atoms with E-state index in [1.807, 2.05) is 13.0 Å². The Labute approximate surface area is 133 Å². The predicted molar refractivity (Wildman–Crippen MR) is 87.2 cm³/mol. The van der Waals surface area contributed by atoms with Crippen molar-refractivity contribution in [1.82, 2.24) is 9.97 Å². The van der Waals surface area contributed by atoms with Crippen LogP contribution in [0, 0.1) is 5.82 Å². The molecule has 0 spiro atoms. The van der Waals surface area contributed by atoms with Crippen LogP contribution in [0.15, 0.2) is 28.7 Å². The Morgan fingerprint density at radius 2 is 1.95 bits per heavy atom. The molecule has 0 saturated heterocycles. The third-order valence-corrected chi connectivity index (χ3v) is 3.90. The molecule has 0 atom stereocenters. The molecule has 0 aliphatic rings. The minimum Gasteiger partial charge on any atom is -0.369 e. The average molecular weight is 352 g/mol. The van der Waals surface area contributed by atoms with Gasteiger partial charge in [-0.1, -0.05) is 32.0 Å². The topological polar surface area (TPSA) is 37.8 Å². The number of aromatic nitrogens is 2. The molecular weight excluding hydrogens is 333 g/mol. The van der Waals surface area contributed by atoms with Gasteiger partial charge in [0.25, 0.3) is 0 Å². The molecule has 0 bridgehead atoms. The van der Waals surface area contributed by atoms with E-state index in [1.165, 1.54) is 6.07 Å². The van der Waals surface area contributed by atoms with E-state index in [0.29, 0.717) is 17.8 Å². The van der Waals surface area contributed by atoms with E-state index in [-0.39, 0.29) is 11.7 Å². The fraction of sp³-hybridized carbons (Fsp3) is 0.375. The highest BCUT2D eigenvalue weighted by Crippen LogP contribution is 2.29. The van der Waals surface area contributed by atoms with Crippen molar-refractivity contribution in [2.45, 2.75) is 33.1 Å². The van der Waals surface area contributed by atoms with Crippen LogP contribution < -0.4 is 5.32 Å². The Morgan fingerprint density at radius 3 is 2.57 bits per heavy atom. The molecule has 1 aromatic carbocycles. The normalized spacial score (nSPS) is 11.0. The summed E-state index contributed by atoms with van der Waals surface area (Å²) in [5, 5.41) is 3.22. The number of benzene rings is 1. The number of rotatable bonds is 5. The second-order valence-corrected chi connectivity index (χ2v) is 5.93. The molecule has 0 unspecified atom stereocenters. The van der Waals surface area contributed by atoms with Crippen molar-refractivity contribution in [3.8, 4) is 0 Å². The van der Waals surface area contributed by atoms with E-state index < -0.39 is 0 Å². The molecule has 1 aromatic heterocycles. The van der Waals surface area contributed by atoms with E-state index >= 15 is 0 Å². The first-order valence-corrected chi connectivity index (χ1v) is 7.85. The molecule has 112 valence electrons. The van der Waals surface area contributed by atoms with Crippen LogP contribution in [0.5, 0.6) is 0 Å². The van der Waals surface area contributed by atoms with Crippen molar-refractivity contribution in [2.24, 2.45) is 0 Å². The van der Waals surface area contributed by atoms with Gasteiger partial charge < -0.3 is 5.32 Å². The summed E-state index contributed by atoms with van der Waals surface area (Å²) in [7, 11) is 0. The first-order chi connectivity index (χ1) is 10.0. The second-order valence-electron chi connectivity index (χ2n) is 5.14. The van der Waals surface area contributed by atoms with E-state index in [4.69, 9.17) is 0 Å². The summed E-state index contributed by atoms with van der Waals surface area (Å²) in [5.41, 5.74) is 1.55. The Kier molecular flexibility index (Phi) is 5.28. The molecule has 2 aromatic rings. The quantitative estimate of drug-likeness (QED) is 0.860. The van der Waals surface area contributed by atoms with Crippen LogP contribution >= 0.6 is 15.9 Å². The van der Waals surface area contributed by atoms with Crippen molar-refractivity contribution >= 4 is 21.7 Å². The minimum atomic E-state index is -0.222. The standard InChI is InChI=1S/C16H19BrFN3/c1-4-19-16-14(17)15(10(2)3)20-13(21-16)9-11-7-5-6-8-12(11)18/h5-8,10H,4,9H2,1-3H3,(H,19,20,21). The maximum absolute atomic E-state index is 13.8. The van der Waals surface area contributed by atoms with Gasteiger partial charge in [0.1, 0.15) is 17.5 Å². The van der Waals surface area contributed by atoms with Crippen molar-refractivity contribution in [1.29, 1.82) is 0 Å². The maximum Gasteiger partial charge on any atom is 0.144 e. The summed E-state index contributed by atoms with van der Waals surface area (Å²) < 4.78 is 14.7. The number of nitrogens with one attached hydrogen (secondary N) is 1. The number of hydrogen-bond acceptors (Lipinski definition) is 3. The third-order valence-electron chi connectivity index (χ3n) is 3.12. The summed E-state index contributed by atoms with van der Waals surface area (Å²) in [6, 6.07) is 6.74. The minimum absolute atomic E-state index is 0.222. The lowest BCUT2D eigenvalue weighted by Gasteiger charge is -2.14. The average Bonchev–Trinajstić information content (AvgIpc) is 2.44. The largest absolute Gasteiger partial charge is 0.369 e. The van der Waals surface area contributed by atoms with Crippen LogP contribution in [0.1, 0.15) is 43.8 Å². The highest BCUT2D eigenvalue weighted by molar-refractivity contribution is 9.10. The van der Waals surface area contributed by atoms with Crippen molar-refractivity contribution < 1.29 is 4.39 Å². The zero-order valence-corrected chi connectivity index (χ0v) is 14.0. The monoisotopic (exact) mass is 351 g/mol. The number of hydrogen-bond donors (Lipinski definition) is 1. The summed E-state index contributed by atoms with van der Waals surface area (Å²) in [5.74, 6) is 1.43. The zero-order valence-electron chi connectivity index (χ0n) is 12.5. The molecule has 0 aliphatic heterocycles. The van der Waals surface area contributed by atoms with Crippen molar-refractivity contribution in [3.63, 3.8) is 0 Å². The van der Waals surface area contributed by atoms with Gasteiger partial charge in [-0.15, -0.1) is 0 Å². The molecule has 0 saturated carbocycles. The summed E-state index contributed by atoms with van der Waals surface area (Å²) in [4.78, 5) is 9.09. The first-order valence-electron chi connectivity index (χ1n) is 7.06. The SMILES string of the molecule is CCNc1nc(Cc2ccccc2F)nc(C(C)C)c1Br. The fourth-order valence-electron chi connectivity index (χ4n) is 2.07. The maximum atomic E-state index is 13.8. The molecule has 1 heterocycles. The summed E-state index contributed by atoms with van der Waals surface area (Å²) in [6.07, 6.45) is 0.387. The molecule has 1 N–H and O–H groups in total. The molecule has 0 radical (unpaired) electrons. The fourth-order valence-corrected chi connectivity index (χ4v) is 2.85. The van der Waals surface area contributed by atoms with Gasteiger partial charge in [-0.2, -0.15) is 0 Å². The Hall–Kier alpha value is -1.49. The highest BCUT2D eigenvalue weighted by atomic mass is 79.9. The van der Waals surface area contributed by atoms with E-state index in [0.717, 1.165) is 22.5 Å². The predicted octanol–water partition coefficient (Wildman–Crippen LogP) is 4.52. The van der Waals surface area contributed by atoms with E-state index in [9.17, 15) is 4.39 Å². The highest BCUT2D eigenvalue weighted by Gasteiger charge is 2.15. The zero-order chi connectivity index (χ0) is 15.4. The summed E-state index contributed by atoms with van der Waals surface area (Å²) in [6.45, 7) is 6.94. The van der Waals surface area contributed by atoms with E-state index in [1.54, 1.807) is 12.1 Å². The lowest BCUT2D eigenvalue weighted by atomic mass is 10.1. The second kappa shape index (κ2) is 6.98. The van der Waals surface area contributed by atoms with Gasteiger partial charge in [0.15, 0.2) is 0 Å². The van der Waals surface area contributed by atoms with Crippen LogP contribution in [0.4, 0.5) is 10.2 Å². The number of nitrogens with zero attached hydrogens (tertiary/aromatic N) is 2. The Morgan fingerprint density at radius 1 is 1.24 bits per heavy atom. The van der Waals surface area contributed by atoms with Gasteiger partial charge in [-0.05, 0) is 40.4 Å². The molecule has 3 nitrogen and oxygen atoms in total. The molecule has 0 aliphatic carbocycles. The smallest absolute Gasteiger partial charge is 0.144 e. The third kappa shape index (κ3) is 3.79. The molecule has 5 heteroatoms. The number of anilines is 1. The van der Waals surface area contributed by atoms with Gasteiger partial charge in [0.2, 0.25) is 0 Å². The van der Waals surface area contributed by atoms with Gasteiger partial charge in [0, 0.05) is 13.0 Å². The molecule has 2 rings (SSSR count). The molecule has 0 amide bonds. The van der Waals surface area contributed by atoms with Gasteiger partial charge >= 0.3 is 0 Å². The van der Waals surface area contributed by atoms with Gasteiger partial charge in [0.05, 0.1) is 10.2 Å². The van der Waals surface area contributed by atoms with Gasteiger partial charge in [-0.3, -0.25) is 0 Å². The lowest BCUT2D eigenvalue weighted by Crippen LogP contribution is -2.10. The van der Waals surface area contributed by atoms with Crippen LogP contribution in [-0.2, 0) is 6.42 Å². The van der Waals surface area contributed by atoms with Crippen LogP contribution in [0.25, 0.3) is 0 Å². The van der Waals surface area contributed by atoms with Crippen LogP contribution in [0.2, 0.25) is 0 Å². The first kappa shape index (κ1) is 15.9. The van der Waals surface area contributed by atoms with E-state index in [2.05, 4.69) is 45.1 Å². The number of halogens is 2. The Balaban J connectivity index is 2.41. The summed E-state index contributed by atoms with van der Waals surface area (Å²) >= 11 is 3.56. The van der Waals surface area contributed by atoms with Crippen LogP contribution in [-0.4, -0.2) is 16.5 Å². The lowest BCUT2D eigenvalue weighted by molar-refractivity contribution is 0.611. The molecule has 21 heavy (non-hydrogen) atoms. The van der Waals surface area contributed by atoms with Crippen molar-refractivity contribution in [2.75, 3.05) is 11.9 Å². The van der Waals surface area contributed by atoms with Crippen LogP contribution in [0.3, 0.4) is 0 Å². The van der Waals surface area contributed by atoms with Crippen molar-refractivity contribution in [3.05, 3.63) is 51.6 Å². The molecule has 0 fully saturated rings.